The zero-order chi connectivity index (χ0) is 25.7. The summed E-state index contributed by atoms with van der Waals surface area (Å²) < 4.78 is 218. The Morgan fingerprint density at radius 2 is 0.548 bits per heavy atom. The third-order valence-electron chi connectivity index (χ3n) is 1.76. The van der Waals surface area contributed by atoms with Crippen molar-refractivity contribution in [2.24, 2.45) is 0 Å². The van der Waals surface area contributed by atoms with Crippen LogP contribution in [0, 0.1) is 0 Å². The van der Waals surface area contributed by atoms with Crippen molar-refractivity contribution in [3.05, 3.63) is 0 Å². The van der Waals surface area contributed by atoms with Gasteiger partial charge in [0.15, 0.2) is 30.4 Å². The molecule has 0 aliphatic carbocycles. The standard InChI is InChI=1S/3C2H2F4O3S.Ru/c3*3-1(4)2(5,6)10(7,8)9;/h3*1H,(H,7,8,9);/q;;;+3/p-3. The third kappa shape index (κ3) is 11.3. The van der Waals surface area contributed by atoms with Crippen LogP contribution in [0.25, 0.3) is 0 Å². The minimum absolute atomic E-state index is 0. The van der Waals surface area contributed by atoms with Gasteiger partial charge in [0.25, 0.3) is 0 Å². The number of rotatable bonds is 6. The second kappa shape index (κ2) is 12.1. The molecule has 9 nitrogen and oxygen atoms in total. The summed E-state index contributed by atoms with van der Waals surface area (Å²) in [5.74, 6) is 0. The van der Waals surface area contributed by atoms with Crippen LogP contribution in [-0.4, -0.2) is 74.0 Å². The van der Waals surface area contributed by atoms with Crippen LogP contribution < -0.4 is 0 Å². The van der Waals surface area contributed by atoms with E-state index in [1.165, 1.54) is 0 Å². The van der Waals surface area contributed by atoms with E-state index in [0.717, 1.165) is 0 Å². The molecule has 0 aromatic carbocycles. The average molecular weight is 644 g/mol. The molecule has 0 aliphatic rings. The summed E-state index contributed by atoms with van der Waals surface area (Å²) in [7, 11) is -18.7. The Labute approximate surface area is 176 Å². The van der Waals surface area contributed by atoms with Gasteiger partial charge >= 0.3 is 54.5 Å². The van der Waals surface area contributed by atoms with Crippen LogP contribution in [0.3, 0.4) is 0 Å². The molecule has 0 amide bonds. The molecule has 0 aromatic heterocycles. The van der Waals surface area contributed by atoms with Crippen LogP contribution in [0.1, 0.15) is 0 Å². The fourth-order valence-electron chi connectivity index (χ4n) is 0.327. The first-order valence-corrected chi connectivity index (χ1v) is 9.65. The molecule has 0 N–H and O–H groups in total. The molecular weight excluding hydrogens is 641 g/mol. The van der Waals surface area contributed by atoms with Crippen molar-refractivity contribution in [1.82, 2.24) is 0 Å². The van der Waals surface area contributed by atoms with Crippen molar-refractivity contribution in [2.75, 3.05) is 0 Å². The van der Waals surface area contributed by atoms with Gasteiger partial charge in [0, 0.05) is 0 Å². The Balaban J connectivity index is -0.000000174. The van der Waals surface area contributed by atoms with E-state index in [0.29, 0.717) is 0 Å². The molecule has 0 atom stereocenters. The molecule has 0 bridgehead atoms. The smallest absolute Gasteiger partial charge is 0.743 e. The molecule has 0 aliphatic heterocycles. The van der Waals surface area contributed by atoms with Crippen LogP contribution in [0.4, 0.5) is 52.7 Å². The zero-order valence-electron chi connectivity index (χ0n) is 13.0. The fourth-order valence-corrected chi connectivity index (χ4v) is 0.982. The quantitative estimate of drug-likeness (QED) is 0.234. The van der Waals surface area contributed by atoms with Gasteiger partial charge in [0.1, 0.15) is 0 Å². The van der Waals surface area contributed by atoms with E-state index in [4.69, 9.17) is 0 Å². The van der Waals surface area contributed by atoms with E-state index in [9.17, 15) is 91.6 Å². The molecule has 25 heteroatoms. The Bertz CT molecular complexity index is 740. The monoisotopic (exact) mass is 645 g/mol. The van der Waals surface area contributed by atoms with Crippen LogP contribution in [0.5, 0.6) is 0 Å². The predicted molar refractivity (Wildman–Crippen MR) is 61.9 cm³/mol. The number of halogens is 12. The topological polar surface area (TPSA) is 172 Å². The van der Waals surface area contributed by atoms with E-state index in [-0.39, 0.29) is 19.5 Å². The SMILES string of the molecule is O=S(=O)([O-])C(F)(F)C(F)F.O=S(=O)([O-])C(F)(F)C(F)F.O=S(=O)([O-])C(F)(F)C(F)F.[Ru+3]. The Hall–Kier alpha value is -0.487. The number of alkyl halides is 12. The minimum Gasteiger partial charge on any atom is -0.743 e. The van der Waals surface area contributed by atoms with Gasteiger partial charge in [-0.15, -0.1) is 0 Å². The maximum atomic E-state index is 11.4. The molecule has 0 aromatic rings. The van der Waals surface area contributed by atoms with Gasteiger partial charge in [-0.2, -0.15) is 26.3 Å². The summed E-state index contributed by atoms with van der Waals surface area (Å²) in [6.45, 7) is 0. The third-order valence-corrected chi connectivity index (χ3v) is 4.30. The molecule has 1 radical (unpaired) electrons. The summed E-state index contributed by atoms with van der Waals surface area (Å²) in [5.41, 5.74) is 0. The summed E-state index contributed by atoms with van der Waals surface area (Å²) in [6.07, 6.45) is -13.4. The van der Waals surface area contributed by atoms with Crippen molar-refractivity contribution in [2.45, 2.75) is 35.0 Å². The maximum Gasteiger partial charge on any atom is 3.00 e. The second-order valence-electron chi connectivity index (χ2n) is 3.95. The van der Waals surface area contributed by atoms with Gasteiger partial charge in [-0.05, 0) is 0 Å². The fraction of sp³-hybridized carbons (Fsp3) is 1.00. The molecule has 0 rings (SSSR count). The molecule has 31 heavy (non-hydrogen) atoms. The van der Waals surface area contributed by atoms with Gasteiger partial charge in [-0.1, -0.05) is 0 Å². The van der Waals surface area contributed by atoms with Gasteiger partial charge < -0.3 is 13.7 Å². The van der Waals surface area contributed by atoms with Gasteiger partial charge in [0.2, 0.25) is 0 Å². The van der Waals surface area contributed by atoms with E-state index >= 15 is 0 Å². The van der Waals surface area contributed by atoms with Gasteiger partial charge in [-0.3, -0.25) is 0 Å². The van der Waals surface area contributed by atoms with Crippen molar-refractivity contribution >= 4 is 30.4 Å². The molecule has 0 spiro atoms. The van der Waals surface area contributed by atoms with Crippen LogP contribution in [0.2, 0.25) is 0 Å². The molecule has 0 heterocycles. The first-order valence-electron chi connectivity index (χ1n) is 5.42. The first-order chi connectivity index (χ1) is 12.6. The van der Waals surface area contributed by atoms with E-state index in [1.807, 2.05) is 0 Å². The zero-order valence-corrected chi connectivity index (χ0v) is 17.2. The molecule has 191 valence electrons. The van der Waals surface area contributed by atoms with E-state index < -0.39 is 65.4 Å². The Morgan fingerprint density at radius 3 is 0.548 bits per heavy atom. The maximum absolute atomic E-state index is 11.4. The normalized spacial score (nSPS) is 13.7. The second-order valence-corrected chi connectivity index (χ2v) is 8.31. The van der Waals surface area contributed by atoms with Crippen molar-refractivity contribution < 1.29 is 111 Å². The van der Waals surface area contributed by atoms with Gasteiger partial charge in [-0.25, -0.2) is 51.6 Å². The number of hydrogen-bond acceptors (Lipinski definition) is 9. The Kier molecular flexibility index (Phi) is 14.8. The summed E-state index contributed by atoms with van der Waals surface area (Å²) in [5, 5.41) is -16.4. The van der Waals surface area contributed by atoms with Gasteiger partial charge in [0.05, 0.1) is 0 Å². The summed E-state index contributed by atoms with van der Waals surface area (Å²) in [4.78, 5) is 0. The van der Waals surface area contributed by atoms with Crippen LogP contribution in [-0.2, 0) is 49.8 Å². The molecule has 0 unspecified atom stereocenters. The molecule has 0 saturated heterocycles. The Morgan fingerprint density at radius 1 is 0.452 bits per heavy atom. The summed E-state index contributed by atoms with van der Waals surface area (Å²) in [6, 6.07) is 0. The summed E-state index contributed by atoms with van der Waals surface area (Å²) >= 11 is 0. The van der Waals surface area contributed by atoms with Crippen LogP contribution >= 0.6 is 0 Å². The van der Waals surface area contributed by atoms with Crippen molar-refractivity contribution in [3.63, 3.8) is 0 Å². The van der Waals surface area contributed by atoms with E-state index in [2.05, 4.69) is 0 Å². The molecular formula is C6H3F12O9RuS3. The molecule has 0 saturated carbocycles. The molecule has 0 fully saturated rings. The van der Waals surface area contributed by atoms with Crippen molar-refractivity contribution in [1.29, 1.82) is 0 Å². The largest absolute Gasteiger partial charge is 3.00 e. The van der Waals surface area contributed by atoms with E-state index in [1.54, 1.807) is 0 Å². The van der Waals surface area contributed by atoms with Crippen molar-refractivity contribution in [3.8, 4) is 0 Å². The number of hydrogen-bond donors (Lipinski definition) is 0. The first kappa shape index (κ1) is 37.8. The average Bonchev–Trinajstić information content (AvgIpc) is 2.44. The minimum atomic E-state index is -6.23. The van der Waals surface area contributed by atoms with Crippen LogP contribution in [0.15, 0.2) is 0 Å². The predicted octanol–water partition coefficient (Wildman–Crippen LogP) is 1.17.